The lowest BCUT2D eigenvalue weighted by Crippen LogP contribution is -2.31. The topological polar surface area (TPSA) is 99.2 Å². The first-order valence-electron chi connectivity index (χ1n) is 8.85. The van der Waals surface area contributed by atoms with Gasteiger partial charge in [-0.2, -0.15) is 0 Å². The molecule has 8 heteroatoms. The van der Waals surface area contributed by atoms with E-state index in [2.05, 4.69) is 15.5 Å². The van der Waals surface area contributed by atoms with Crippen molar-refractivity contribution < 1.29 is 13.9 Å². The molecular weight excluding hydrogens is 348 g/mol. The van der Waals surface area contributed by atoms with Crippen LogP contribution in [-0.4, -0.2) is 26.8 Å². The number of hydrogen-bond donors (Lipinski definition) is 1. The van der Waals surface area contributed by atoms with Crippen LogP contribution in [0, 0.1) is 6.92 Å². The molecule has 1 N–H and O–H groups in total. The molecular formula is C19H20N4O4. The molecule has 1 unspecified atom stereocenters. The molecule has 0 radical (unpaired) electrons. The monoisotopic (exact) mass is 368 g/mol. The van der Waals surface area contributed by atoms with Crippen molar-refractivity contribution in [2.45, 2.75) is 39.2 Å². The van der Waals surface area contributed by atoms with Crippen LogP contribution in [0.5, 0.6) is 5.75 Å². The summed E-state index contributed by atoms with van der Waals surface area (Å²) in [6.45, 7) is 3.48. The number of carbonyl (C=O) groups is 1. The van der Waals surface area contributed by atoms with Gasteiger partial charge in [-0.3, -0.25) is 10.1 Å². The molecule has 0 fully saturated rings. The van der Waals surface area contributed by atoms with Gasteiger partial charge in [-0.25, -0.2) is 4.79 Å². The SMILES string of the molecule is Cc1c(OC(C)C(=O)Nc2nncn2C)ccc2c3c(c(=O)oc12)CCC3. The van der Waals surface area contributed by atoms with Gasteiger partial charge < -0.3 is 13.7 Å². The fraction of sp³-hybridized carbons (Fsp3) is 0.368. The molecule has 1 amide bonds. The summed E-state index contributed by atoms with van der Waals surface area (Å²) in [7, 11) is 1.73. The molecule has 0 bridgehead atoms. The van der Waals surface area contributed by atoms with Crippen LogP contribution < -0.4 is 15.7 Å². The Morgan fingerprint density at radius 2 is 2.11 bits per heavy atom. The van der Waals surface area contributed by atoms with Gasteiger partial charge >= 0.3 is 5.63 Å². The number of rotatable bonds is 4. The molecule has 0 spiro atoms. The quantitative estimate of drug-likeness (QED) is 0.708. The summed E-state index contributed by atoms with van der Waals surface area (Å²) in [5, 5.41) is 11.2. The third kappa shape index (κ3) is 2.97. The van der Waals surface area contributed by atoms with Crippen LogP contribution in [0.15, 0.2) is 27.7 Å². The van der Waals surface area contributed by atoms with Crippen LogP contribution in [0.1, 0.15) is 30.0 Å². The maximum Gasteiger partial charge on any atom is 0.339 e. The van der Waals surface area contributed by atoms with Crippen LogP contribution in [0.3, 0.4) is 0 Å². The van der Waals surface area contributed by atoms with Crippen LogP contribution >= 0.6 is 0 Å². The third-order valence-electron chi connectivity index (χ3n) is 4.96. The number of nitrogens with one attached hydrogen (secondary N) is 1. The average molecular weight is 368 g/mol. The van der Waals surface area contributed by atoms with Crippen molar-refractivity contribution in [2.24, 2.45) is 7.05 Å². The number of fused-ring (bicyclic) bond motifs is 3. The maximum atomic E-state index is 12.4. The maximum absolute atomic E-state index is 12.4. The Morgan fingerprint density at radius 3 is 2.85 bits per heavy atom. The smallest absolute Gasteiger partial charge is 0.339 e. The van der Waals surface area contributed by atoms with E-state index in [4.69, 9.17) is 9.15 Å². The second-order valence-electron chi connectivity index (χ2n) is 6.78. The van der Waals surface area contributed by atoms with E-state index in [1.54, 1.807) is 18.5 Å². The Bertz CT molecular complexity index is 1100. The highest BCUT2D eigenvalue weighted by Gasteiger charge is 2.23. The zero-order chi connectivity index (χ0) is 19.1. The number of anilines is 1. The highest BCUT2D eigenvalue weighted by atomic mass is 16.5. The van der Waals surface area contributed by atoms with Gasteiger partial charge in [-0.1, -0.05) is 0 Å². The molecule has 1 aliphatic rings. The van der Waals surface area contributed by atoms with Crippen molar-refractivity contribution in [3.63, 3.8) is 0 Å². The molecule has 0 saturated carbocycles. The first-order valence-corrected chi connectivity index (χ1v) is 8.85. The lowest BCUT2D eigenvalue weighted by atomic mass is 10.0. The molecule has 2 heterocycles. The zero-order valence-electron chi connectivity index (χ0n) is 15.4. The van der Waals surface area contributed by atoms with Crippen molar-refractivity contribution >= 4 is 22.8 Å². The molecule has 8 nitrogen and oxygen atoms in total. The molecule has 1 aromatic carbocycles. The van der Waals surface area contributed by atoms with Gasteiger partial charge in [0.15, 0.2) is 6.10 Å². The molecule has 2 aromatic heterocycles. The Morgan fingerprint density at radius 1 is 1.33 bits per heavy atom. The molecule has 4 rings (SSSR count). The summed E-state index contributed by atoms with van der Waals surface area (Å²) in [4.78, 5) is 24.6. The van der Waals surface area contributed by atoms with Crippen LogP contribution in [-0.2, 0) is 24.7 Å². The van der Waals surface area contributed by atoms with E-state index in [0.717, 1.165) is 35.8 Å². The summed E-state index contributed by atoms with van der Waals surface area (Å²) >= 11 is 0. The molecule has 0 saturated heterocycles. The van der Waals surface area contributed by atoms with Crippen molar-refractivity contribution in [1.29, 1.82) is 0 Å². The lowest BCUT2D eigenvalue weighted by molar-refractivity contribution is -0.122. The van der Waals surface area contributed by atoms with E-state index < -0.39 is 6.10 Å². The summed E-state index contributed by atoms with van der Waals surface area (Å²) in [5.41, 5.74) is 2.82. The number of nitrogens with zero attached hydrogens (tertiary/aromatic N) is 3. The van der Waals surface area contributed by atoms with Gasteiger partial charge in [0, 0.05) is 23.6 Å². The molecule has 140 valence electrons. The summed E-state index contributed by atoms with van der Waals surface area (Å²) in [6, 6.07) is 3.72. The van der Waals surface area contributed by atoms with Gasteiger partial charge in [-0.15, -0.1) is 10.2 Å². The minimum Gasteiger partial charge on any atom is -0.480 e. The Kier molecular flexibility index (Phi) is 4.18. The van der Waals surface area contributed by atoms with Crippen molar-refractivity contribution in [3.8, 4) is 5.75 Å². The highest BCUT2D eigenvalue weighted by molar-refractivity contribution is 5.93. The molecule has 3 aromatic rings. The van der Waals surface area contributed by atoms with Gasteiger partial charge in [0.1, 0.15) is 17.7 Å². The largest absolute Gasteiger partial charge is 0.480 e. The average Bonchev–Trinajstić information content (AvgIpc) is 3.28. The van der Waals surface area contributed by atoms with Crippen molar-refractivity contribution in [1.82, 2.24) is 14.8 Å². The molecule has 0 aliphatic heterocycles. The third-order valence-corrected chi connectivity index (χ3v) is 4.96. The van der Waals surface area contributed by atoms with Crippen LogP contribution in [0.25, 0.3) is 11.0 Å². The normalized spacial score (nSPS) is 14.2. The highest BCUT2D eigenvalue weighted by Crippen LogP contribution is 2.33. The Balaban J connectivity index is 1.61. The van der Waals surface area contributed by atoms with E-state index in [1.165, 1.54) is 6.33 Å². The first kappa shape index (κ1) is 17.3. The number of ether oxygens (including phenoxy) is 1. The number of benzene rings is 1. The molecule has 27 heavy (non-hydrogen) atoms. The predicted molar refractivity (Wildman–Crippen MR) is 99.0 cm³/mol. The number of aromatic nitrogens is 3. The predicted octanol–water partition coefficient (Wildman–Crippen LogP) is 2.12. The minimum absolute atomic E-state index is 0.275. The van der Waals surface area contributed by atoms with Gasteiger partial charge in [-0.05, 0) is 50.8 Å². The first-order chi connectivity index (χ1) is 13.0. The number of carbonyl (C=O) groups excluding carboxylic acids is 1. The fourth-order valence-electron chi connectivity index (χ4n) is 3.44. The Labute approximate surface area is 155 Å². The summed E-state index contributed by atoms with van der Waals surface area (Å²) in [5.74, 6) is 0.498. The van der Waals surface area contributed by atoms with Gasteiger partial charge in [0.25, 0.3) is 5.91 Å². The molecule has 1 aliphatic carbocycles. The van der Waals surface area contributed by atoms with E-state index in [0.29, 0.717) is 22.8 Å². The van der Waals surface area contributed by atoms with Crippen LogP contribution in [0.2, 0.25) is 0 Å². The van der Waals surface area contributed by atoms with Gasteiger partial charge in [0.05, 0.1) is 0 Å². The second kappa shape index (κ2) is 6.53. The van der Waals surface area contributed by atoms with E-state index in [9.17, 15) is 9.59 Å². The standard InChI is InChI=1S/C19H20N4O4/c1-10-15(26-11(2)17(24)21-19-22-20-9-23(19)3)8-7-13-12-5-4-6-14(12)18(25)27-16(10)13/h7-9,11H,4-6H2,1-3H3,(H,21,22,24). The number of hydrogen-bond acceptors (Lipinski definition) is 6. The number of aryl methyl sites for hydroxylation is 3. The number of amides is 1. The van der Waals surface area contributed by atoms with Crippen molar-refractivity contribution in [3.05, 3.63) is 45.6 Å². The summed E-state index contributed by atoms with van der Waals surface area (Å²) in [6.07, 6.45) is 3.35. The van der Waals surface area contributed by atoms with E-state index in [1.807, 2.05) is 19.1 Å². The summed E-state index contributed by atoms with van der Waals surface area (Å²) < 4.78 is 13.0. The minimum atomic E-state index is -0.765. The second-order valence-corrected chi connectivity index (χ2v) is 6.78. The molecule has 1 atom stereocenters. The van der Waals surface area contributed by atoms with Gasteiger partial charge in [0.2, 0.25) is 5.95 Å². The van der Waals surface area contributed by atoms with Crippen LogP contribution in [0.4, 0.5) is 5.95 Å². The van der Waals surface area contributed by atoms with E-state index in [-0.39, 0.29) is 11.5 Å². The van der Waals surface area contributed by atoms with E-state index >= 15 is 0 Å². The van der Waals surface area contributed by atoms with Crippen molar-refractivity contribution in [2.75, 3.05) is 5.32 Å². The Hall–Kier alpha value is -3.16. The lowest BCUT2D eigenvalue weighted by Gasteiger charge is -2.17. The fourth-order valence-corrected chi connectivity index (χ4v) is 3.44. The zero-order valence-corrected chi connectivity index (χ0v) is 15.4.